The minimum Gasteiger partial charge on any atom is -0.317 e. The molecule has 1 saturated heterocycles. The van der Waals surface area contributed by atoms with Crippen molar-refractivity contribution in [2.24, 2.45) is 0 Å². The van der Waals surface area contributed by atoms with Gasteiger partial charge in [-0.25, -0.2) is 4.39 Å². The van der Waals surface area contributed by atoms with Gasteiger partial charge in [0.2, 0.25) is 0 Å². The summed E-state index contributed by atoms with van der Waals surface area (Å²) >= 11 is 0. The van der Waals surface area contributed by atoms with Gasteiger partial charge in [0.1, 0.15) is 5.82 Å². The van der Waals surface area contributed by atoms with Gasteiger partial charge in [-0.15, -0.1) is 0 Å². The second-order valence-corrected chi connectivity index (χ2v) is 5.41. The summed E-state index contributed by atoms with van der Waals surface area (Å²) in [6, 6.07) is 11.0. The van der Waals surface area contributed by atoms with Crippen molar-refractivity contribution < 1.29 is 4.39 Å². The second-order valence-electron chi connectivity index (χ2n) is 5.41. The highest BCUT2D eigenvalue weighted by Crippen LogP contribution is 2.25. The van der Waals surface area contributed by atoms with Gasteiger partial charge in [-0.1, -0.05) is 12.1 Å². The Morgan fingerprint density at radius 3 is 2.60 bits per heavy atom. The topological polar surface area (TPSA) is 24.9 Å². The van der Waals surface area contributed by atoms with Crippen LogP contribution in [0, 0.1) is 5.82 Å². The first kappa shape index (κ1) is 13.3. The Balaban J connectivity index is 1.75. The van der Waals surface area contributed by atoms with E-state index in [1.807, 2.05) is 18.3 Å². The molecule has 1 aliphatic heterocycles. The molecule has 1 aromatic heterocycles. The third-order valence-electron chi connectivity index (χ3n) is 3.95. The molecule has 0 atom stereocenters. The van der Waals surface area contributed by atoms with E-state index in [1.165, 1.54) is 30.5 Å². The predicted octanol–water partition coefficient (Wildman–Crippen LogP) is 3.28. The van der Waals surface area contributed by atoms with Crippen LogP contribution in [0.3, 0.4) is 0 Å². The van der Waals surface area contributed by atoms with Gasteiger partial charge < -0.3 is 5.32 Å². The molecule has 0 radical (unpaired) electrons. The first-order valence-corrected chi connectivity index (χ1v) is 7.21. The molecule has 1 aliphatic rings. The van der Waals surface area contributed by atoms with Crippen LogP contribution in [-0.2, 0) is 6.42 Å². The van der Waals surface area contributed by atoms with Crippen molar-refractivity contribution in [1.82, 2.24) is 10.3 Å². The Hall–Kier alpha value is -1.74. The zero-order valence-electron chi connectivity index (χ0n) is 11.5. The Morgan fingerprint density at radius 1 is 1.10 bits per heavy atom. The average molecular weight is 270 g/mol. The Morgan fingerprint density at radius 2 is 1.85 bits per heavy atom. The molecule has 2 heterocycles. The van der Waals surface area contributed by atoms with Gasteiger partial charge in [0.25, 0.3) is 0 Å². The normalized spacial score (nSPS) is 16.2. The second kappa shape index (κ2) is 6.14. The van der Waals surface area contributed by atoms with E-state index in [2.05, 4.69) is 22.4 Å². The fourth-order valence-electron chi connectivity index (χ4n) is 2.81. The van der Waals surface area contributed by atoms with Crippen LogP contribution in [-0.4, -0.2) is 18.1 Å². The van der Waals surface area contributed by atoms with Crippen LogP contribution in [0.4, 0.5) is 4.39 Å². The molecule has 0 aliphatic carbocycles. The lowest BCUT2D eigenvalue weighted by Crippen LogP contribution is -2.26. The number of rotatable bonds is 3. The highest BCUT2D eigenvalue weighted by Gasteiger charge is 2.15. The van der Waals surface area contributed by atoms with Gasteiger partial charge in [-0.05, 0) is 67.2 Å². The summed E-state index contributed by atoms with van der Waals surface area (Å²) in [6.45, 7) is 2.20. The number of hydrogen-bond acceptors (Lipinski definition) is 2. The van der Waals surface area contributed by atoms with Crippen molar-refractivity contribution in [1.29, 1.82) is 0 Å². The van der Waals surface area contributed by atoms with Gasteiger partial charge in [0.05, 0.1) is 0 Å². The van der Waals surface area contributed by atoms with Crippen LogP contribution in [0.1, 0.15) is 35.6 Å². The number of nitrogens with zero attached hydrogens (tertiary/aromatic N) is 1. The molecule has 104 valence electrons. The first-order valence-electron chi connectivity index (χ1n) is 7.21. The Bertz CT molecular complexity index is 559. The molecule has 0 amide bonds. The molecule has 0 spiro atoms. The summed E-state index contributed by atoms with van der Waals surface area (Å²) in [6.07, 6.45) is 5.05. The zero-order valence-corrected chi connectivity index (χ0v) is 11.5. The summed E-state index contributed by atoms with van der Waals surface area (Å²) in [5.74, 6) is 0.455. The van der Waals surface area contributed by atoms with Gasteiger partial charge >= 0.3 is 0 Å². The van der Waals surface area contributed by atoms with E-state index >= 15 is 0 Å². The molecule has 1 N–H and O–H groups in total. The highest BCUT2D eigenvalue weighted by molar-refractivity contribution is 5.27. The van der Waals surface area contributed by atoms with Gasteiger partial charge in [-0.2, -0.15) is 0 Å². The third kappa shape index (κ3) is 3.23. The molecule has 2 nitrogen and oxygen atoms in total. The van der Waals surface area contributed by atoms with E-state index in [4.69, 9.17) is 0 Å². The largest absolute Gasteiger partial charge is 0.317 e. The maximum Gasteiger partial charge on any atom is 0.123 e. The van der Waals surface area contributed by atoms with Crippen LogP contribution in [0.25, 0.3) is 0 Å². The summed E-state index contributed by atoms with van der Waals surface area (Å²) < 4.78 is 12.9. The van der Waals surface area contributed by atoms with Crippen molar-refractivity contribution in [3.05, 3.63) is 65.2 Å². The quantitative estimate of drug-likeness (QED) is 0.926. The molecule has 3 rings (SSSR count). The molecule has 2 aromatic rings. The summed E-state index contributed by atoms with van der Waals surface area (Å²) in [4.78, 5) is 4.44. The fourth-order valence-corrected chi connectivity index (χ4v) is 2.81. The van der Waals surface area contributed by atoms with E-state index in [1.54, 1.807) is 0 Å². The fraction of sp³-hybridized carbons (Fsp3) is 0.353. The predicted molar refractivity (Wildman–Crippen MR) is 78.3 cm³/mol. The average Bonchev–Trinajstić information content (AvgIpc) is 2.51. The molecule has 0 bridgehead atoms. The number of piperidine rings is 1. The van der Waals surface area contributed by atoms with Crippen LogP contribution >= 0.6 is 0 Å². The van der Waals surface area contributed by atoms with Crippen LogP contribution in [0.5, 0.6) is 0 Å². The van der Waals surface area contributed by atoms with Crippen LogP contribution in [0.2, 0.25) is 0 Å². The van der Waals surface area contributed by atoms with Crippen molar-refractivity contribution >= 4 is 0 Å². The molecule has 0 unspecified atom stereocenters. The molecule has 1 fully saturated rings. The lowest BCUT2D eigenvalue weighted by atomic mass is 9.90. The van der Waals surface area contributed by atoms with Gasteiger partial charge in [-0.3, -0.25) is 4.98 Å². The molecular formula is C17H19FN2. The van der Waals surface area contributed by atoms with E-state index < -0.39 is 0 Å². The number of aromatic nitrogens is 1. The lowest BCUT2D eigenvalue weighted by Gasteiger charge is -2.23. The SMILES string of the molecule is Fc1ccc(Cc2cc(C3CCNCC3)ccn2)cc1. The van der Waals surface area contributed by atoms with Crippen molar-refractivity contribution in [2.45, 2.75) is 25.2 Å². The summed E-state index contributed by atoms with van der Waals surface area (Å²) in [5, 5.41) is 3.39. The molecule has 1 aromatic carbocycles. The zero-order chi connectivity index (χ0) is 13.8. The highest BCUT2D eigenvalue weighted by atomic mass is 19.1. The monoisotopic (exact) mass is 270 g/mol. The van der Waals surface area contributed by atoms with Gasteiger partial charge in [0.15, 0.2) is 0 Å². The Labute approximate surface area is 119 Å². The van der Waals surface area contributed by atoms with Gasteiger partial charge in [0, 0.05) is 18.3 Å². The Kier molecular flexibility index (Phi) is 4.07. The van der Waals surface area contributed by atoms with Crippen molar-refractivity contribution in [3.8, 4) is 0 Å². The van der Waals surface area contributed by atoms with Crippen molar-refractivity contribution in [3.63, 3.8) is 0 Å². The molecule has 3 heteroatoms. The summed E-state index contributed by atoms with van der Waals surface area (Å²) in [7, 11) is 0. The molecular weight excluding hydrogens is 251 g/mol. The lowest BCUT2D eigenvalue weighted by molar-refractivity contribution is 0.460. The maximum atomic E-state index is 12.9. The minimum absolute atomic E-state index is 0.190. The standard InChI is InChI=1S/C17H19FN2/c18-16-3-1-13(2-4-16)11-17-12-15(7-10-20-17)14-5-8-19-9-6-14/h1-4,7,10,12,14,19H,5-6,8-9,11H2. The number of pyridine rings is 1. The van der Waals surface area contributed by atoms with E-state index in [-0.39, 0.29) is 5.82 Å². The smallest absolute Gasteiger partial charge is 0.123 e. The first-order chi connectivity index (χ1) is 9.81. The van der Waals surface area contributed by atoms with E-state index in [0.717, 1.165) is 30.8 Å². The summed E-state index contributed by atoms with van der Waals surface area (Å²) in [5.41, 5.74) is 3.55. The third-order valence-corrected chi connectivity index (χ3v) is 3.95. The molecule has 20 heavy (non-hydrogen) atoms. The minimum atomic E-state index is -0.190. The van der Waals surface area contributed by atoms with E-state index in [9.17, 15) is 4.39 Å². The number of benzene rings is 1. The van der Waals surface area contributed by atoms with E-state index in [0.29, 0.717) is 5.92 Å². The maximum absolute atomic E-state index is 12.9. The van der Waals surface area contributed by atoms with Crippen molar-refractivity contribution in [2.75, 3.05) is 13.1 Å². The molecule has 0 saturated carbocycles. The van der Waals surface area contributed by atoms with Crippen LogP contribution in [0.15, 0.2) is 42.6 Å². The number of halogens is 1. The van der Waals surface area contributed by atoms with Crippen LogP contribution < -0.4 is 5.32 Å². The number of hydrogen-bond donors (Lipinski definition) is 1. The number of nitrogens with one attached hydrogen (secondary N) is 1.